The predicted octanol–water partition coefficient (Wildman–Crippen LogP) is 3.61. The normalized spacial score (nSPS) is 15.2. The number of benzene rings is 1. The van der Waals surface area contributed by atoms with Gasteiger partial charge in [0.2, 0.25) is 11.8 Å². The maximum atomic E-state index is 5.11. The second kappa shape index (κ2) is 7.11. The summed E-state index contributed by atoms with van der Waals surface area (Å²) in [5.41, 5.74) is 2.27. The summed E-state index contributed by atoms with van der Waals surface area (Å²) in [5.74, 6) is 1.10. The standard InChI is InChI=1S/C17H22N4O/c1-22-16-10-11-18-17(20-16)19-14-6-8-15(9-7-14)21-12-4-2-3-5-13-21/h6-11H,2-5,12-13H2,1H3,(H,18,19,20). The Labute approximate surface area is 131 Å². The van der Waals surface area contributed by atoms with Gasteiger partial charge in [0.25, 0.3) is 0 Å². The van der Waals surface area contributed by atoms with Crippen LogP contribution in [0.15, 0.2) is 36.5 Å². The third-order valence-corrected chi connectivity index (χ3v) is 3.93. The molecule has 1 fully saturated rings. The first kappa shape index (κ1) is 14.6. The summed E-state index contributed by atoms with van der Waals surface area (Å²) in [4.78, 5) is 10.9. The van der Waals surface area contributed by atoms with Crippen LogP contribution < -0.4 is 15.0 Å². The number of hydrogen-bond donors (Lipinski definition) is 1. The highest BCUT2D eigenvalue weighted by Crippen LogP contribution is 2.23. The smallest absolute Gasteiger partial charge is 0.230 e. The SMILES string of the molecule is COc1ccnc(Nc2ccc(N3CCCCCC3)cc2)n1. The van der Waals surface area contributed by atoms with E-state index in [4.69, 9.17) is 4.74 Å². The van der Waals surface area contributed by atoms with Crippen molar-refractivity contribution in [2.45, 2.75) is 25.7 Å². The molecule has 0 atom stereocenters. The van der Waals surface area contributed by atoms with Gasteiger partial charge in [-0.15, -0.1) is 0 Å². The number of aromatic nitrogens is 2. The number of hydrogen-bond acceptors (Lipinski definition) is 5. The molecule has 1 saturated heterocycles. The molecule has 22 heavy (non-hydrogen) atoms. The van der Waals surface area contributed by atoms with E-state index in [2.05, 4.69) is 44.5 Å². The number of rotatable bonds is 4. The van der Waals surface area contributed by atoms with E-state index in [0.29, 0.717) is 11.8 Å². The van der Waals surface area contributed by atoms with Crippen LogP contribution >= 0.6 is 0 Å². The molecule has 3 rings (SSSR count). The fourth-order valence-electron chi connectivity index (χ4n) is 2.73. The van der Waals surface area contributed by atoms with E-state index in [1.54, 1.807) is 19.4 Å². The van der Waals surface area contributed by atoms with Gasteiger partial charge in [0.1, 0.15) is 0 Å². The maximum Gasteiger partial charge on any atom is 0.230 e. The lowest BCUT2D eigenvalue weighted by molar-refractivity contribution is 0.397. The average Bonchev–Trinajstić information content (AvgIpc) is 2.85. The van der Waals surface area contributed by atoms with Gasteiger partial charge in [0.05, 0.1) is 7.11 Å². The van der Waals surface area contributed by atoms with Gasteiger partial charge in [-0.1, -0.05) is 12.8 Å². The largest absolute Gasteiger partial charge is 0.481 e. The van der Waals surface area contributed by atoms with E-state index in [-0.39, 0.29) is 0 Å². The van der Waals surface area contributed by atoms with Crippen molar-refractivity contribution in [1.82, 2.24) is 9.97 Å². The lowest BCUT2D eigenvalue weighted by Gasteiger charge is -2.22. The summed E-state index contributed by atoms with van der Waals surface area (Å²) in [7, 11) is 1.60. The highest BCUT2D eigenvalue weighted by molar-refractivity contribution is 5.59. The van der Waals surface area contributed by atoms with Crippen molar-refractivity contribution in [3.05, 3.63) is 36.5 Å². The molecule has 0 bridgehead atoms. The summed E-state index contributed by atoms with van der Waals surface area (Å²) >= 11 is 0. The van der Waals surface area contributed by atoms with Gasteiger partial charge in [-0.2, -0.15) is 4.98 Å². The van der Waals surface area contributed by atoms with E-state index in [1.807, 2.05) is 0 Å². The maximum absolute atomic E-state index is 5.11. The fraction of sp³-hybridized carbons (Fsp3) is 0.412. The van der Waals surface area contributed by atoms with Crippen LogP contribution in [-0.4, -0.2) is 30.2 Å². The lowest BCUT2D eigenvalue weighted by Crippen LogP contribution is -2.23. The first-order valence-corrected chi connectivity index (χ1v) is 7.84. The van der Waals surface area contributed by atoms with E-state index in [1.165, 1.54) is 31.4 Å². The topological polar surface area (TPSA) is 50.3 Å². The van der Waals surface area contributed by atoms with Crippen LogP contribution in [0.1, 0.15) is 25.7 Å². The molecule has 0 unspecified atom stereocenters. The minimum atomic E-state index is 0.543. The second-order valence-electron chi connectivity index (χ2n) is 5.50. The number of anilines is 3. The monoisotopic (exact) mass is 298 g/mol. The second-order valence-corrected chi connectivity index (χ2v) is 5.50. The molecule has 0 spiro atoms. The van der Waals surface area contributed by atoms with Crippen molar-refractivity contribution in [3.8, 4) is 5.88 Å². The summed E-state index contributed by atoms with van der Waals surface area (Å²) in [6, 6.07) is 10.2. The molecular weight excluding hydrogens is 276 g/mol. The quantitative estimate of drug-likeness (QED) is 0.934. The molecule has 0 amide bonds. The van der Waals surface area contributed by atoms with Gasteiger partial charge < -0.3 is 15.0 Å². The Balaban J connectivity index is 1.68. The van der Waals surface area contributed by atoms with Crippen molar-refractivity contribution >= 4 is 17.3 Å². The molecule has 1 aliphatic heterocycles. The highest BCUT2D eigenvalue weighted by Gasteiger charge is 2.09. The molecule has 2 aromatic rings. The van der Waals surface area contributed by atoms with Crippen molar-refractivity contribution in [1.29, 1.82) is 0 Å². The van der Waals surface area contributed by atoms with Crippen LogP contribution in [0.4, 0.5) is 17.3 Å². The minimum Gasteiger partial charge on any atom is -0.481 e. The van der Waals surface area contributed by atoms with Gasteiger partial charge in [0, 0.05) is 36.7 Å². The molecule has 1 aromatic heterocycles. The van der Waals surface area contributed by atoms with E-state index >= 15 is 0 Å². The third-order valence-electron chi connectivity index (χ3n) is 3.93. The zero-order valence-electron chi connectivity index (χ0n) is 13.0. The van der Waals surface area contributed by atoms with Gasteiger partial charge >= 0.3 is 0 Å². The van der Waals surface area contributed by atoms with Crippen LogP contribution in [-0.2, 0) is 0 Å². The van der Waals surface area contributed by atoms with Crippen LogP contribution in [0.3, 0.4) is 0 Å². The average molecular weight is 298 g/mol. The Morgan fingerprint density at radius 2 is 1.73 bits per heavy atom. The van der Waals surface area contributed by atoms with E-state index in [9.17, 15) is 0 Å². The Morgan fingerprint density at radius 3 is 2.41 bits per heavy atom. The summed E-state index contributed by atoms with van der Waals surface area (Å²) in [6.45, 7) is 2.32. The van der Waals surface area contributed by atoms with Crippen molar-refractivity contribution < 1.29 is 4.74 Å². The van der Waals surface area contributed by atoms with Crippen LogP contribution in [0.25, 0.3) is 0 Å². The summed E-state index contributed by atoms with van der Waals surface area (Å²) in [5, 5.41) is 3.20. The van der Waals surface area contributed by atoms with Gasteiger partial charge in [-0.05, 0) is 37.1 Å². The summed E-state index contributed by atoms with van der Waals surface area (Å²) in [6.07, 6.45) is 6.96. The fourth-order valence-corrected chi connectivity index (χ4v) is 2.73. The highest BCUT2D eigenvalue weighted by atomic mass is 16.5. The molecule has 5 heteroatoms. The third kappa shape index (κ3) is 3.67. The molecule has 0 saturated carbocycles. The van der Waals surface area contributed by atoms with Crippen LogP contribution in [0.5, 0.6) is 5.88 Å². The number of nitrogens with zero attached hydrogens (tertiary/aromatic N) is 3. The molecule has 2 heterocycles. The summed E-state index contributed by atoms with van der Waals surface area (Å²) < 4.78 is 5.11. The molecular formula is C17H22N4O. The number of nitrogens with one attached hydrogen (secondary N) is 1. The molecule has 116 valence electrons. The minimum absolute atomic E-state index is 0.543. The Kier molecular flexibility index (Phi) is 4.73. The zero-order chi connectivity index (χ0) is 15.2. The van der Waals surface area contributed by atoms with Crippen molar-refractivity contribution in [2.75, 3.05) is 30.4 Å². The van der Waals surface area contributed by atoms with Gasteiger partial charge in [-0.3, -0.25) is 0 Å². The predicted molar refractivity (Wildman–Crippen MR) is 89.0 cm³/mol. The number of methoxy groups -OCH3 is 1. The van der Waals surface area contributed by atoms with Crippen LogP contribution in [0, 0.1) is 0 Å². The zero-order valence-corrected chi connectivity index (χ0v) is 13.0. The Bertz CT molecular complexity index is 592. The lowest BCUT2D eigenvalue weighted by atomic mass is 10.2. The molecule has 0 radical (unpaired) electrons. The Hall–Kier alpha value is -2.30. The van der Waals surface area contributed by atoms with Crippen LogP contribution in [0.2, 0.25) is 0 Å². The molecule has 1 aromatic carbocycles. The van der Waals surface area contributed by atoms with E-state index < -0.39 is 0 Å². The van der Waals surface area contributed by atoms with Crippen molar-refractivity contribution in [2.24, 2.45) is 0 Å². The molecule has 1 N–H and O–H groups in total. The molecule has 5 nitrogen and oxygen atoms in total. The molecule has 0 aliphatic carbocycles. The first-order chi connectivity index (χ1) is 10.8. The number of ether oxygens (including phenoxy) is 1. The first-order valence-electron chi connectivity index (χ1n) is 7.84. The molecule has 1 aliphatic rings. The Morgan fingerprint density at radius 1 is 1.00 bits per heavy atom. The van der Waals surface area contributed by atoms with Gasteiger partial charge in [-0.25, -0.2) is 4.98 Å². The van der Waals surface area contributed by atoms with E-state index in [0.717, 1.165) is 18.8 Å². The van der Waals surface area contributed by atoms with Crippen molar-refractivity contribution in [3.63, 3.8) is 0 Å². The van der Waals surface area contributed by atoms with Gasteiger partial charge in [0.15, 0.2) is 0 Å².